The van der Waals surface area contributed by atoms with Crippen LogP contribution in [0.2, 0.25) is 25.7 Å². The Labute approximate surface area is 130 Å². The summed E-state index contributed by atoms with van der Waals surface area (Å²) in [7, 11) is -1.02. The van der Waals surface area contributed by atoms with Crippen molar-refractivity contribution in [3.63, 3.8) is 0 Å². The number of rotatable bonds is 6. The van der Waals surface area contributed by atoms with Gasteiger partial charge in [-0.15, -0.1) is 0 Å². The number of carbonyl (C=O) groups excluding carboxylic acids is 1. The van der Waals surface area contributed by atoms with Crippen LogP contribution in [0.25, 0.3) is 0 Å². The van der Waals surface area contributed by atoms with Crippen molar-refractivity contribution in [1.82, 2.24) is 0 Å². The Balaban J connectivity index is 1.85. The topological polar surface area (TPSA) is 35.5 Å². The first-order valence-electron chi connectivity index (χ1n) is 8.17. The first-order chi connectivity index (χ1) is 9.74. The molecule has 2 aliphatic carbocycles. The standard InChI is InChI=1S/C17H30O3Si/c1-13-14-6-7-16(17(14,2)9-8-15(13)18)20-12-19-10-11-21(3,4)5/h16H,6-12H2,1-5H3/t16-,17-/m0/s1. The summed E-state index contributed by atoms with van der Waals surface area (Å²) in [6.45, 7) is 12.5. The van der Waals surface area contributed by atoms with Gasteiger partial charge in [-0.05, 0) is 37.8 Å². The number of ketones is 1. The summed E-state index contributed by atoms with van der Waals surface area (Å²) in [5, 5.41) is 0. The van der Waals surface area contributed by atoms with Crippen molar-refractivity contribution in [2.75, 3.05) is 13.4 Å². The van der Waals surface area contributed by atoms with Gasteiger partial charge in [0.15, 0.2) is 5.78 Å². The summed E-state index contributed by atoms with van der Waals surface area (Å²) in [6, 6.07) is 1.18. The third-order valence-corrected chi connectivity index (χ3v) is 6.85. The maximum Gasteiger partial charge on any atom is 0.158 e. The zero-order valence-electron chi connectivity index (χ0n) is 14.3. The molecule has 4 heteroatoms. The van der Waals surface area contributed by atoms with Gasteiger partial charge >= 0.3 is 0 Å². The fourth-order valence-electron chi connectivity index (χ4n) is 3.57. The summed E-state index contributed by atoms with van der Waals surface area (Å²) in [5.41, 5.74) is 2.39. The van der Waals surface area contributed by atoms with E-state index in [-0.39, 0.29) is 11.5 Å². The molecule has 0 aliphatic heterocycles. The molecule has 0 heterocycles. The molecule has 0 amide bonds. The van der Waals surface area contributed by atoms with Gasteiger partial charge in [0.2, 0.25) is 0 Å². The van der Waals surface area contributed by atoms with E-state index in [4.69, 9.17) is 9.47 Å². The van der Waals surface area contributed by atoms with Gasteiger partial charge < -0.3 is 9.47 Å². The molecular formula is C17H30O3Si. The molecule has 0 aromatic rings. The molecule has 0 aromatic carbocycles. The average Bonchev–Trinajstić information content (AvgIpc) is 2.71. The minimum Gasteiger partial charge on any atom is -0.356 e. The quantitative estimate of drug-likeness (QED) is 0.420. The van der Waals surface area contributed by atoms with E-state index in [1.165, 1.54) is 11.6 Å². The first kappa shape index (κ1) is 16.9. The lowest BCUT2D eigenvalue weighted by atomic mass is 9.71. The lowest BCUT2D eigenvalue weighted by molar-refractivity contribution is -0.122. The summed E-state index contributed by atoms with van der Waals surface area (Å²) < 4.78 is 11.7. The Morgan fingerprint density at radius 2 is 2.00 bits per heavy atom. The van der Waals surface area contributed by atoms with Gasteiger partial charge in [-0.3, -0.25) is 4.79 Å². The van der Waals surface area contributed by atoms with Crippen molar-refractivity contribution in [3.8, 4) is 0 Å². The maximum atomic E-state index is 11.9. The largest absolute Gasteiger partial charge is 0.356 e. The Hall–Kier alpha value is -0.453. The molecular weight excluding hydrogens is 280 g/mol. The van der Waals surface area contributed by atoms with E-state index in [2.05, 4.69) is 26.6 Å². The molecule has 3 nitrogen and oxygen atoms in total. The van der Waals surface area contributed by atoms with Gasteiger partial charge in [0.25, 0.3) is 0 Å². The van der Waals surface area contributed by atoms with Crippen LogP contribution < -0.4 is 0 Å². The van der Waals surface area contributed by atoms with Crippen LogP contribution in [0.15, 0.2) is 11.1 Å². The number of Topliss-reactive ketones (excluding diaryl/α,β-unsaturated/α-hetero) is 1. The molecule has 2 aliphatic rings. The Morgan fingerprint density at radius 3 is 2.67 bits per heavy atom. The molecule has 21 heavy (non-hydrogen) atoms. The highest BCUT2D eigenvalue weighted by Gasteiger charge is 2.47. The van der Waals surface area contributed by atoms with Crippen molar-refractivity contribution < 1.29 is 14.3 Å². The fourth-order valence-corrected chi connectivity index (χ4v) is 4.32. The van der Waals surface area contributed by atoms with Gasteiger partial charge in [-0.2, -0.15) is 0 Å². The third-order valence-electron chi connectivity index (χ3n) is 5.15. The molecule has 0 bridgehead atoms. The van der Waals surface area contributed by atoms with Crippen LogP contribution in [0.4, 0.5) is 0 Å². The van der Waals surface area contributed by atoms with Crippen LogP contribution in [0.3, 0.4) is 0 Å². The summed E-state index contributed by atoms with van der Waals surface area (Å²) >= 11 is 0. The minimum absolute atomic E-state index is 0.0557. The normalized spacial score (nSPS) is 30.0. The predicted molar refractivity (Wildman–Crippen MR) is 88.1 cm³/mol. The number of allylic oxidation sites excluding steroid dienone is 1. The molecule has 1 fully saturated rings. The molecule has 0 saturated heterocycles. The van der Waals surface area contributed by atoms with E-state index in [1.807, 2.05) is 6.92 Å². The monoisotopic (exact) mass is 310 g/mol. The van der Waals surface area contributed by atoms with Crippen molar-refractivity contribution in [3.05, 3.63) is 11.1 Å². The molecule has 0 unspecified atom stereocenters. The van der Waals surface area contributed by atoms with Crippen LogP contribution in [-0.2, 0) is 14.3 Å². The summed E-state index contributed by atoms with van der Waals surface area (Å²) in [5.74, 6) is 0.328. The highest BCUT2D eigenvalue weighted by atomic mass is 28.3. The van der Waals surface area contributed by atoms with Crippen molar-refractivity contribution >= 4 is 13.9 Å². The van der Waals surface area contributed by atoms with Gasteiger partial charge in [0, 0.05) is 26.5 Å². The fraction of sp³-hybridized carbons (Fsp3) is 0.824. The van der Waals surface area contributed by atoms with E-state index in [0.717, 1.165) is 31.4 Å². The average molecular weight is 311 g/mol. The van der Waals surface area contributed by atoms with Crippen LogP contribution in [0.5, 0.6) is 0 Å². The second kappa shape index (κ2) is 6.35. The third kappa shape index (κ3) is 3.85. The molecule has 0 radical (unpaired) electrons. The number of hydrogen-bond acceptors (Lipinski definition) is 3. The van der Waals surface area contributed by atoms with Crippen LogP contribution >= 0.6 is 0 Å². The van der Waals surface area contributed by atoms with Crippen molar-refractivity contribution in [1.29, 1.82) is 0 Å². The first-order valence-corrected chi connectivity index (χ1v) is 11.9. The number of carbonyl (C=O) groups is 1. The molecule has 1 saturated carbocycles. The second-order valence-electron chi connectivity index (χ2n) is 7.97. The zero-order chi connectivity index (χ0) is 15.7. The predicted octanol–water partition coefficient (Wildman–Crippen LogP) is 4.16. The van der Waals surface area contributed by atoms with Gasteiger partial charge in [0.05, 0.1) is 6.10 Å². The summed E-state index contributed by atoms with van der Waals surface area (Å²) in [4.78, 5) is 11.9. The molecule has 0 spiro atoms. The van der Waals surface area contributed by atoms with Crippen LogP contribution in [-0.4, -0.2) is 33.4 Å². The Kier molecular flexibility index (Phi) is 5.11. The smallest absolute Gasteiger partial charge is 0.158 e. The SMILES string of the molecule is CC1=C2CC[C@H](OCOCC[Si](C)(C)C)[C@@]2(C)CCC1=O. The van der Waals surface area contributed by atoms with Gasteiger partial charge in [0.1, 0.15) is 6.79 Å². The maximum absolute atomic E-state index is 11.9. The Morgan fingerprint density at radius 1 is 1.29 bits per heavy atom. The second-order valence-corrected chi connectivity index (χ2v) is 13.6. The molecule has 0 aromatic heterocycles. The van der Waals surface area contributed by atoms with Crippen molar-refractivity contribution in [2.45, 2.75) is 71.3 Å². The van der Waals surface area contributed by atoms with E-state index >= 15 is 0 Å². The lowest BCUT2D eigenvalue weighted by Gasteiger charge is -2.36. The minimum atomic E-state index is -1.02. The molecule has 2 atom stereocenters. The zero-order valence-corrected chi connectivity index (χ0v) is 15.3. The van der Waals surface area contributed by atoms with Crippen LogP contribution in [0.1, 0.15) is 39.5 Å². The van der Waals surface area contributed by atoms with E-state index < -0.39 is 8.07 Å². The highest BCUT2D eigenvalue weighted by Crippen LogP contribution is 2.51. The number of fused-ring (bicyclic) bond motifs is 1. The Bertz CT molecular complexity index is 436. The molecule has 120 valence electrons. The highest BCUT2D eigenvalue weighted by molar-refractivity contribution is 6.76. The number of hydrogen-bond donors (Lipinski definition) is 0. The molecule has 2 rings (SSSR count). The molecule has 0 N–H and O–H groups in total. The van der Waals surface area contributed by atoms with E-state index in [1.54, 1.807) is 0 Å². The lowest BCUT2D eigenvalue weighted by Crippen LogP contribution is -2.35. The van der Waals surface area contributed by atoms with Gasteiger partial charge in [-0.25, -0.2) is 0 Å². The van der Waals surface area contributed by atoms with Crippen LogP contribution in [0, 0.1) is 5.41 Å². The van der Waals surface area contributed by atoms with E-state index in [0.29, 0.717) is 19.0 Å². The summed E-state index contributed by atoms with van der Waals surface area (Å²) in [6.07, 6.45) is 3.84. The van der Waals surface area contributed by atoms with Gasteiger partial charge in [-0.1, -0.05) is 32.1 Å². The van der Waals surface area contributed by atoms with Crippen molar-refractivity contribution in [2.24, 2.45) is 5.41 Å². The van der Waals surface area contributed by atoms with E-state index in [9.17, 15) is 4.79 Å². The number of ether oxygens (including phenoxy) is 2.